The van der Waals surface area contributed by atoms with Crippen molar-refractivity contribution >= 4 is 43.8 Å². The molecule has 0 aliphatic carbocycles. The van der Waals surface area contributed by atoms with Crippen molar-refractivity contribution in [2.75, 3.05) is 12.9 Å². The number of nitrogens with zero attached hydrogens (tertiary/aromatic N) is 1. The van der Waals surface area contributed by atoms with Crippen molar-refractivity contribution in [3.05, 3.63) is 88.9 Å². The first-order valence-corrected chi connectivity index (χ1v) is 13.2. The Morgan fingerprint density at radius 2 is 1.74 bits per heavy atom. The second-order valence-corrected chi connectivity index (χ2v) is 10.4. The third kappa shape index (κ3) is 6.22. The molecule has 8 heteroatoms. The van der Waals surface area contributed by atoms with Gasteiger partial charge < -0.3 is 9.47 Å². The number of fused-ring (bicyclic) bond motifs is 1. The minimum Gasteiger partial charge on any atom is -0.493 e. The number of thiazole rings is 1. The van der Waals surface area contributed by atoms with Gasteiger partial charge in [-0.05, 0) is 35.4 Å². The lowest BCUT2D eigenvalue weighted by atomic mass is 10.2. The average molecular weight is 497 g/mol. The van der Waals surface area contributed by atoms with Crippen LogP contribution in [0.1, 0.15) is 22.6 Å². The predicted molar refractivity (Wildman–Crippen MR) is 136 cm³/mol. The molecule has 1 aromatic heterocycles. The van der Waals surface area contributed by atoms with Gasteiger partial charge in [0.15, 0.2) is 18.0 Å². The molecule has 34 heavy (non-hydrogen) atoms. The van der Waals surface area contributed by atoms with Crippen LogP contribution in [-0.2, 0) is 23.3 Å². The van der Waals surface area contributed by atoms with Crippen molar-refractivity contribution in [3.63, 3.8) is 0 Å². The Hall–Kier alpha value is -3.20. The van der Waals surface area contributed by atoms with Crippen LogP contribution >= 0.6 is 11.3 Å². The standard InChI is InChI=1S/C26H25NO5S2/c1-31-23-14-12-20(18-24(23)32-19-21-8-3-2-4-9-21)13-15-26-27(16-7-17-34(28,29)30)22-10-5-6-11-25(22)33-26/h2-6,8-15,18H,7,16-17,19H2,1H3/p+1/b15-13+. The van der Waals surface area contributed by atoms with Crippen molar-refractivity contribution in [2.45, 2.75) is 19.6 Å². The van der Waals surface area contributed by atoms with Gasteiger partial charge in [0, 0.05) is 18.6 Å². The topological polar surface area (TPSA) is 76.7 Å². The molecule has 0 saturated heterocycles. The maximum Gasteiger partial charge on any atom is 0.265 e. The Kier molecular flexibility index (Phi) is 7.62. The van der Waals surface area contributed by atoms with Gasteiger partial charge in [-0.25, -0.2) is 0 Å². The zero-order valence-corrected chi connectivity index (χ0v) is 20.4. The number of methoxy groups -OCH3 is 1. The fourth-order valence-electron chi connectivity index (χ4n) is 3.63. The number of aromatic nitrogens is 1. The number of aryl methyl sites for hydroxylation is 1. The zero-order chi connectivity index (χ0) is 24.0. The minimum absolute atomic E-state index is 0.270. The first-order valence-electron chi connectivity index (χ1n) is 10.8. The largest absolute Gasteiger partial charge is 0.493 e. The summed E-state index contributed by atoms with van der Waals surface area (Å²) in [5.41, 5.74) is 3.05. The van der Waals surface area contributed by atoms with E-state index in [1.807, 2.05) is 84.9 Å². The molecule has 0 fully saturated rings. The average Bonchev–Trinajstić information content (AvgIpc) is 3.19. The number of hydrogen-bond acceptors (Lipinski definition) is 5. The summed E-state index contributed by atoms with van der Waals surface area (Å²) in [4.78, 5) is 0. The zero-order valence-electron chi connectivity index (χ0n) is 18.8. The van der Waals surface area contributed by atoms with E-state index in [1.165, 1.54) is 0 Å². The van der Waals surface area contributed by atoms with Gasteiger partial charge in [0.2, 0.25) is 5.52 Å². The van der Waals surface area contributed by atoms with Crippen LogP contribution in [0.2, 0.25) is 0 Å². The van der Waals surface area contributed by atoms with Gasteiger partial charge in [-0.1, -0.05) is 59.9 Å². The molecule has 3 aromatic carbocycles. The number of benzene rings is 3. The maximum absolute atomic E-state index is 11.2. The van der Waals surface area contributed by atoms with Gasteiger partial charge in [0.05, 0.1) is 12.9 Å². The van der Waals surface area contributed by atoms with Gasteiger partial charge in [-0.15, -0.1) is 0 Å². The van der Waals surface area contributed by atoms with Crippen LogP contribution in [0.5, 0.6) is 11.5 Å². The molecule has 4 rings (SSSR count). The Balaban J connectivity index is 1.57. The first kappa shape index (κ1) is 23.9. The van der Waals surface area contributed by atoms with Gasteiger partial charge in [0.1, 0.15) is 11.3 Å². The highest BCUT2D eigenvalue weighted by Crippen LogP contribution is 2.30. The molecule has 0 amide bonds. The van der Waals surface area contributed by atoms with Gasteiger partial charge >= 0.3 is 0 Å². The molecule has 1 N–H and O–H groups in total. The molecule has 0 unspecified atom stereocenters. The second-order valence-electron chi connectivity index (χ2n) is 7.72. The number of para-hydroxylation sites is 1. The van der Waals surface area contributed by atoms with Crippen LogP contribution < -0.4 is 14.0 Å². The lowest BCUT2D eigenvalue weighted by Crippen LogP contribution is -2.35. The Morgan fingerprint density at radius 1 is 0.971 bits per heavy atom. The van der Waals surface area contributed by atoms with Gasteiger partial charge in [-0.3, -0.25) is 4.55 Å². The molecule has 6 nitrogen and oxygen atoms in total. The third-order valence-corrected chi connectivity index (χ3v) is 7.20. The molecule has 0 saturated carbocycles. The molecule has 0 aliphatic heterocycles. The van der Waals surface area contributed by atoms with Crippen LogP contribution in [-0.4, -0.2) is 25.8 Å². The minimum atomic E-state index is -3.99. The second kappa shape index (κ2) is 10.8. The summed E-state index contributed by atoms with van der Waals surface area (Å²) in [6.07, 6.45) is 4.34. The summed E-state index contributed by atoms with van der Waals surface area (Å²) in [6.45, 7) is 0.923. The third-order valence-electron chi connectivity index (χ3n) is 5.26. The molecule has 0 atom stereocenters. The van der Waals surface area contributed by atoms with Crippen molar-refractivity contribution in [1.29, 1.82) is 0 Å². The monoisotopic (exact) mass is 496 g/mol. The van der Waals surface area contributed by atoms with E-state index in [1.54, 1.807) is 18.4 Å². The Morgan fingerprint density at radius 3 is 2.50 bits per heavy atom. The summed E-state index contributed by atoms with van der Waals surface area (Å²) in [7, 11) is -2.37. The van der Waals surface area contributed by atoms with Crippen molar-refractivity contribution in [2.24, 2.45) is 0 Å². The molecule has 176 valence electrons. The molecule has 0 bridgehead atoms. The summed E-state index contributed by atoms with van der Waals surface area (Å²) in [5, 5.41) is 0.985. The van der Waals surface area contributed by atoms with E-state index >= 15 is 0 Å². The molecule has 0 radical (unpaired) electrons. The fraction of sp³-hybridized carbons (Fsp3) is 0.192. The Bertz CT molecular complexity index is 1400. The van der Waals surface area contributed by atoms with E-state index in [2.05, 4.69) is 4.57 Å². The van der Waals surface area contributed by atoms with E-state index in [0.29, 0.717) is 31.1 Å². The molecule has 0 aliphatic rings. The summed E-state index contributed by atoms with van der Waals surface area (Å²) < 4.78 is 46.1. The number of rotatable bonds is 10. The van der Waals surface area contributed by atoms with E-state index in [-0.39, 0.29) is 5.75 Å². The molecular weight excluding hydrogens is 470 g/mol. The van der Waals surface area contributed by atoms with Crippen LogP contribution in [0.3, 0.4) is 0 Å². The van der Waals surface area contributed by atoms with Crippen LogP contribution in [0, 0.1) is 0 Å². The highest BCUT2D eigenvalue weighted by molar-refractivity contribution is 7.85. The van der Waals surface area contributed by atoms with Gasteiger partial charge in [0.25, 0.3) is 15.1 Å². The first-order chi connectivity index (χ1) is 16.4. The molecule has 0 spiro atoms. The highest BCUT2D eigenvalue weighted by Gasteiger charge is 2.19. The lowest BCUT2D eigenvalue weighted by molar-refractivity contribution is -0.668. The number of ether oxygens (including phenoxy) is 2. The van der Waals surface area contributed by atoms with Crippen LogP contribution in [0.25, 0.3) is 22.4 Å². The van der Waals surface area contributed by atoms with Gasteiger partial charge in [-0.2, -0.15) is 13.0 Å². The maximum atomic E-state index is 11.2. The van der Waals surface area contributed by atoms with Crippen LogP contribution in [0.15, 0.2) is 72.8 Å². The van der Waals surface area contributed by atoms with Crippen molar-refractivity contribution < 1.29 is 27.0 Å². The van der Waals surface area contributed by atoms with Crippen LogP contribution in [0.4, 0.5) is 0 Å². The SMILES string of the molecule is COc1ccc(/C=C/c2sc3ccccc3[n+]2CCCS(=O)(=O)O)cc1OCc1ccccc1. The van der Waals surface area contributed by atoms with E-state index in [0.717, 1.165) is 26.4 Å². The fourth-order valence-corrected chi connectivity index (χ4v) is 5.21. The molecular formula is C26H26NO5S2+. The smallest absolute Gasteiger partial charge is 0.265 e. The summed E-state index contributed by atoms with van der Waals surface area (Å²) >= 11 is 1.63. The van der Waals surface area contributed by atoms with E-state index in [4.69, 9.17) is 14.0 Å². The summed E-state index contributed by atoms with van der Waals surface area (Å²) in [6, 6.07) is 23.7. The Labute approximate surface area is 203 Å². The predicted octanol–water partition coefficient (Wildman–Crippen LogP) is 5.22. The van der Waals surface area contributed by atoms with Crippen molar-refractivity contribution in [3.8, 4) is 11.5 Å². The van der Waals surface area contributed by atoms with Crippen molar-refractivity contribution in [1.82, 2.24) is 0 Å². The summed E-state index contributed by atoms with van der Waals surface area (Å²) in [5.74, 6) is 1.05. The van der Waals surface area contributed by atoms with E-state index in [9.17, 15) is 8.42 Å². The lowest BCUT2D eigenvalue weighted by Gasteiger charge is -2.11. The normalized spacial score (nSPS) is 11.8. The quantitative estimate of drug-likeness (QED) is 0.240. The highest BCUT2D eigenvalue weighted by atomic mass is 32.2. The molecule has 1 heterocycles. The molecule has 4 aromatic rings. The number of hydrogen-bond donors (Lipinski definition) is 1. The van der Waals surface area contributed by atoms with E-state index < -0.39 is 10.1 Å².